The normalized spacial score (nSPS) is 16.1. The number of aryl methyl sites for hydroxylation is 1. The predicted molar refractivity (Wildman–Crippen MR) is 71.4 cm³/mol. The first-order chi connectivity index (χ1) is 9.58. The van der Waals surface area contributed by atoms with E-state index in [1.807, 2.05) is 0 Å². The van der Waals surface area contributed by atoms with Crippen molar-refractivity contribution >= 4 is 11.9 Å². The van der Waals surface area contributed by atoms with Crippen LogP contribution in [0, 0.1) is 6.92 Å². The summed E-state index contributed by atoms with van der Waals surface area (Å²) in [5.41, 5.74) is 0.417. The Balaban J connectivity index is 1.82. The number of carboxylic acid groups (broad SMARTS) is 1. The number of carbonyl (C=O) groups excluding carboxylic acids is 1. The van der Waals surface area contributed by atoms with Crippen molar-refractivity contribution in [3.63, 3.8) is 0 Å². The van der Waals surface area contributed by atoms with E-state index >= 15 is 0 Å². The van der Waals surface area contributed by atoms with Crippen LogP contribution in [0.15, 0.2) is 0 Å². The highest BCUT2D eigenvalue weighted by molar-refractivity contribution is 5.86. The van der Waals surface area contributed by atoms with Crippen molar-refractivity contribution in [2.24, 2.45) is 0 Å². The second-order valence-corrected chi connectivity index (χ2v) is 5.20. The van der Waals surface area contributed by atoms with E-state index in [4.69, 9.17) is 5.11 Å². The van der Waals surface area contributed by atoms with E-state index in [-0.39, 0.29) is 11.6 Å². The molecule has 2 N–H and O–H groups in total. The van der Waals surface area contributed by atoms with E-state index < -0.39 is 5.97 Å². The molecule has 7 heteroatoms. The van der Waals surface area contributed by atoms with Gasteiger partial charge in [-0.05, 0) is 19.8 Å². The van der Waals surface area contributed by atoms with Gasteiger partial charge >= 0.3 is 5.97 Å². The van der Waals surface area contributed by atoms with Crippen LogP contribution in [0.2, 0.25) is 0 Å². The first-order valence-electron chi connectivity index (χ1n) is 7.00. The molecule has 0 aliphatic heterocycles. The molecule has 1 aliphatic rings. The number of aromatic carboxylic acids is 1. The number of amides is 1. The Morgan fingerprint density at radius 1 is 1.35 bits per heavy atom. The summed E-state index contributed by atoms with van der Waals surface area (Å²) in [6.45, 7) is 1.99. The lowest BCUT2D eigenvalue weighted by molar-refractivity contribution is -0.122. The van der Waals surface area contributed by atoms with Gasteiger partial charge in [0.05, 0.1) is 12.2 Å². The smallest absolute Gasteiger partial charge is 0.358 e. The third-order valence-corrected chi connectivity index (χ3v) is 3.71. The summed E-state index contributed by atoms with van der Waals surface area (Å²) in [7, 11) is 0. The molecule has 2 rings (SSSR count). The molecule has 110 valence electrons. The van der Waals surface area contributed by atoms with Crippen LogP contribution in [0.4, 0.5) is 0 Å². The molecule has 0 saturated heterocycles. The molecule has 0 atom stereocenters. The summed E-state index contributed by atoms with van der Waals surface area (Å²) in [5, 5.41) is 19.3. The van der Waals surface area contributed by atoms with Crippen molar-refractivity contribution in [1.29, 1.82) is 0 Å². The van der Waals surface area contributed by atoms with Crippen molar-refractivity contribution in [2.75, 3.05) is 0 Å². The van der Waals surface area contributed by atoms with E-state index in [0.29, 0.717) is 24.7 Å². The van der Waals surface area contributed by atoms with Crippen LogP contribution in [-0.2, 0) is 11.3 Å². The highest BCUT2D eigenvalue weighted by Gasteiger charge is 2.17. The third kappa shape index (κ3) is 3.55. The van der Waals surface area contributed by atoms with E-state index in [1.165, 1.54) is 23.9 Å². The summed E-state index contributed by atoms with van der Waals surface area (Å²) in [4.78, 5) is 22.7. The average molecular weight is 280 g/mol. The molecule has 7 nitrogen and oxygen atoms in total. The molecular formula is C13H20N4O3. The average Bonchev–Trinajstić information content (AvgIpc) is 2.79. The maximum atomic E-state index is 11.8. The minimum absolute atomic E-state index is 0.0105. The van der Waals surface area contributed by atoms with Gasteiger partial charge in [-0.1, -0.05) is 24.5 Å². The fourth-order valence-corrected chi connectivity index (χ4v) is 2.52. The summed E-state index contributed by atoms with van der Waals surface area (Å²) in [5.74, 6) is -1.11. The number of rotatable bonds is 5. The van der Waals surface area contributed by atoms with Crippen LogP contribution >= 0.6 is 0 Å². The molecule has 1 aromatic heterocycles. The van der Waals surface area contributed by atoms with Crippen LogP contribution < -0.4 is 5.32 Å². The Labute approximate surface area is 117 Å². The number of hydrogen-bond donors (Lipinski definition) is 2. The molecule has 1 fully saturated rings. The van der Waals surface area contributed by atoms with Gasteiger partial charge in [-0.2, -0.15) is 0 Å². The van der Waals surface area contributed by atoms with E-state index in [2.05, 4.69) is 15.6 Å². The lowest BCUT2D eigenvalue weighted by Gasteiger charge is -2.22. The predicted octanol–water partition coefficient (Wildman–Crippen LogP) is 1.12. The van der Waals surface area contributed by atoms with Crippen molar-refractivity contribution < 1.29 is 14.7 Å². The molecule has 0 bridgehead atoms. The summed E-state index contributed by atoms with van der Waals surface area (Å²) in [6, 6.07) is 0.294. The number of hydrogen-bond acceptors (Lipinski definition) is 4. The molecular weight excluding hydrogens is 260 g/mol. The summed E-state index contributed by atoms with van der Waals surface area (Å²) < 4.78 is 1.46. The van der Waals surface area contributed by atoms with Crippen molar-refractivity contribution in [3.8, 4) is 0 Å². The first-order valence-corrected chi connectivity index (χ1v) is 7.00. The zero-order valence-electron chi connectivity index (χ0n) is 11.6. The van der Waals surface area contributed by atoms with Gasteiger partial charge in [0, 0.05) is 12.5 Å². The Hall–Kier alpha value is -1.92. The number of carboxylic acids is 1. The number of carbonyl (C=O) groups is 2. The van der Waals surface area contributed by atoms with Gasteiger partial charge in [-0.15, -0.1) is 5.10 Å². The van der Waals surface area contributed by atoms with Crippen LogP contribution in [0.3, 0.4) is 0 Å². The van der Waals surface area contributed by atoms with Crippen LogP contribution in [0.1, 0.15) is 54.7 Å². The molecule has 0 unspecified atom stereocenters. The minimum atomic E-state index is -1.10. The lowest BCUT2D eigenvalue weighted by atomic mass is 9.95. The fraction of sp³-hybridized carbons (Fsp3) is 0.692. The van der Waals surface area contributed by atoms with Crippen LogP contribution in [0.5, 0.6) is 0 Å². The Bertz CT molecular complexity index is 492. The third-order valence-electron chi connectivity index (χ3n) is 3.71. The maximum absolute atomic E-state index is 11.8. The van der Waals surface area contributed by atoms with Gasteiger partial charge in [0.15, 0.2) is 5.69 Å². The fourth-order valence-electron chi connectivity index (χ4n) is 2.52. The zero-order chi connectivity index (χ0) is 14.5. The molecule has 1 heterocycles. The minimum Gasteiger partial charge on any atom is -0.476 e. The highest BCUT2D eigenvalue weighted by Crippen LogP contribution is 2.17. The van der Waals surface area contributed by atoms with E-state index in [9.17, 15) is 9.59 Å². The largest absolute Gasteiger partial charge is 0.476 e. The number of nitrogens with one attached hydrogen (secondary N) is 1. The van der Waals surface area contributed by atoms with Crippen LogP contribution in [0.25, 0.3) is 0 Å². The molecule has 1 aliphatic carbocycles. The monoisotopic (exact) mass is 280 g/mol. The van der Waals surface area contributed by atoms with Crippen molar-refractivity contribution in [1.82, 2.24) is 20.3 Å². The Morgan fingerprint density at radius 2 is 2.05 bits per heavy atom. The van der Waals surface area contributed by atoms with Gasteiger partial charge in [-0.3, -0.25) is 4.79 Å². The van der Waals surface area contributed by atoms with Gasteiger partial charge in [-0.25, -0.2) is 9.48 Å². The number of nitrogens with zero attached hydrogens (tertiary/aromatic N) is 3. The molecule has 0 spiro atoms. The Morgan fingerprint density at radius 3 is 2.65 bits per heavy atom. The Kier molecular flexibility index (Phi) is 4.70. The van der Waals surface area contributed by atoms with Crippen molar-refractivity contribution in [3.05, 3.63) is 11.4 Å². The topological polar surface area (TPSA) is 97.1 Å². The van der Waals surface area contributed by atoms with E-state index in [0.717, 1.165) is 12.8 Å². The maximum Gasteiger partial charge on any atom is 0.358 e. The first kappa shape index (κ1) is 14.5. The standard InChI is InChI=1S/C13H20N4O3/c1-9-12(13(19)20)15-16-17(9)8-7-11(18)14-10-5-3-2-4-6-10/h10H,2-8H2,1H3,(H,14,18)(H,19,20). The SMILES string of the molecule is Cc1c(C(=O)O)nnn1CCC(=O)NC1CCCCC1. The zero-order valence-corrected chi connectivity index (χ0v) is 11.6. The second-order valence-electron chi connectivity index (χ2n) is 5.20. The van der Waals surface area contributed by atoms with Gasteiger partial charge in [0.1, 0.15) is 0 Å². The molecule has 1 amide bonds. The highest BCUT2D eigenvalue weighted by atomic mass is 16.4. The van der Waals surface area contributed by atoms with Gasteiger partial charge < -0.3 is 10.4 Å². The van der Waals surface area contributed by atoms with E-state index in [1.54, 1.807) is 6.92 Å². The summed E-state index contributed by atoms with van der Waals surface area (Å²) in [6.07, 6.45) is 6.00. The van der Waals surface area contributed by atoms with Gasteiger partial charge in [0.2, 0.25) is 5.91 Å². The molecule has 1 saturated carbocycles. The summed E-state index contributed by atoms with van der Waals surface area (Å²) >= 11 is 0. The lowest BCUT2D eigenvalue weighted by Crippen LogP contribution is -2.36. The van der Waals surface area contributed by atoms with Gasteiger partial charge in [0.25, 0.3) is 0 Å². The number of aromatic nitrogens is 3. The molecule has 0 radical (unpaired) electrons. The second kappa shape index (κ2) is 6.49. The van der Waals surface area contributed by atoms with Crippen molar-refractivity contribution in [2.45, 2.75) is 58.0 Å². The van der Waals surface area contributed by atoms with Crippen LogP contribution in [-0.4, -0.2) is 38.0 Å². The molecule has 20 heavy (non-hydrogen) atoms. The molecule has 0 aromatic carbocycles. The molecule has 1 aromatic rings. The quantitative estimate of drug-likeness (QED) is 0.842.